The number of ether oxygens (including phenoxy) is 1. The molecule has 0 spiro atoms. The van der Waals surface area contributed by atoms with Gasteiger partial charge in [-0.25, -0.2) is 0 Å². The number of carbonyl (C=O) groups is 1. The van der Waals surface area contributed by atoms with Crippen LogP contribution in [-0.4, -0.2) is 17.4 Å². The van der Waals surface area contributed by atoms with Crippen molar-refractivity contribution in [2.24, 2.45) is 0 Å². The van der Waals surface area contributed by atoms with Crippen molar-refractivity contribution in [3.05, 3.63) is 42.4 Å². The first kappa shape index (κ1) is 9.45. The zero-order valence-electron chi connectivity index (χ0n) is 7.43. The van der Waals surface area contributed by atoms with Gasteiger partial charge in [-0.05, 0) is 19.1 Å². The van der Waals surface area contributed by atoms with Crippen LogP contribution in [0.1, 0.15) is 17.4 Å². The first-order chi connectivity index (χ1) is 6.34. The average molecular weight is 177 g/mol. The van der Waals surface area contributed by atoms with Crippen molar-refractivity contribution in [2.75, 3.05) is 6.61 Å². The summed E-state index contributed by atoms with van der Waals surface area (Å²) < 4.78 is 4.90. The molecule has 0 fully saturated rings. The third-order valence-corrected chi connectivity index (χ3v) is 1.40. The predicted molar refractivity (Wildman–Crippen MR) is 49.3 cm³/mol. The quantitative estimate of drug-likeness (QED) is 0.400. The molecular weight excluding hydrogens is 166 g/mol. The molecule has 1 aromatic rings. The monoisotopic (exact) mass is 177 g/mol. The molecule has 13 heavy (non-hydrogen) atoms. The van der Waals surface area contributed by atoms with Crippen molar-refractivity contribution in [3.8, 4) is 0 Å². The van der Waals surface area contributed by atoms with E-state index in [4.69, 9.17) is 4.74 Å². The van der Waals surface area contributed by atoms with Gasteiger partial charge in [-0.15, -0.1) is 0 Å². The van der Waals surface area contributed by atoms with Gasteiger partial charge < -0.3 is 4.74 Å². The molecule has 3 nitrogen and oxygen atoms in total. The minimum absolute atomic E-state index is 0.144. The number of allylic oxidation sites excluding steroid dienone is 1. The van der Waals surface area contributed by atoms with E-state index in [9.17, 15) is 4.79 Å². The van der Waals surface area contributed by atoms with Gasteiger partial charge in [-0.3, -0.25) is 9.78 Å². The van der Waals surface area contributed by atoms with E-state index in [1.165, 1.54) is 12.3 Å². The molecule has 0 aliphatic rings. The Bertz CT molecular complexity index is 293. The van der Waals surface area contributed by atoms with Crippen molar-refractivity contribution in [2.45, 2.75) is 6.92 Å². The number of aromatic nitrogens is 1. The molecule has 0 amide bonds. The fourth-order valence-corrected chi connectivity index (χ4v) is 0.800. The second-order valence-electron chi connectivity index (χ2n) is 2.34. The Hall–Kier alpha value is -1.64. The Kier molecular flexibility index (Phi) is 3.70. The van der Waals surface area contributed by atoms with E-state index in [2.05, 4.69) is 4.98 Å². The molecule has 68 valence electrons. The summed E-state index contributed by atoms with van der Waals surface area (Å²) in [5.74, 6) is -0.144. The number of hydrogen-bond donors (Lipinski definition) is 0. The Morgan fingerprint density at radius 3 is 3.08 bits per heavy atom. The molecule has 0 N–H and O–H groups in total. The van der Waals surface area contributed by atoms with Crippen LogP contribution >= 0.6 is 0 Å². The first-order valence-corrected chi connectivity index (χ1v) is 4.08. The van der Waals surface area contributed by atoms with Gasteiger partial charge in [0.25, 0.3) is 0 Å². The summed E-state index contributed by atoms with van der Waals surface area (Å²) >= 11 is 0. The third kappa shape index (κ3) is 3.07. The van der Waals surface area contributed by atoms with E-state index in [0.717, 1.165) is 0 Å². The van der Waals surface area contributed by atoms with Crippen LogP contribution in [0, 0.1) is 0 Å². The summed E-state index contributed by atoms with van der Waals surface area (Å²) in [7, 11) is 0. The lowest BCUT2D eigenvalue weighted by Gasteiger charge is -1.93. The molecule has 0 aliphatic carbocycles. The Labute approximate surface area is 77.1 Å². The zero-order valence-corrected chi connectivity index (χ0v) is 7.43. The Morgan fingerprint density at radius 2 is 2.46 bits per heavy atom. The number of hydrogen-bond acceptors (Lipinski definition) is 3. The normalized spacial score (nSPS) is 10.2. The molecule has 1 rings (SSSR count). The molecule has 1 aromatic heterocycles. The minimum Gasteiger partial charge on any atom is -0.501 e. The van der Waals surface area contributed by atoms with Gasteiger partial charge in [-0.1, -0.05) is 6.07 Å². The third-order valence-electron chi connectivity index (χ3n) is 1.40. The van der Waals surface area contributed by atoms with Crippen molar-refractivity contribution in [3.63, 3.8) is 0 Å². The molecule has 0 bridgehead atoms. The zero-order chi connectivity index (χ0) is 9.52. The Balaban J connectivity index is 2.59. The van der Waals surface area contributed by atoms with Gasteiger partial charge in [0.1, 0.15) is 5.69 Å². The van der Waals surface area contributed by atoms with Gasteiger partial charge in [0, 0.05) is 12.3 Å². The lowest BCUT2D eigenvalue weighted by atomic mass is 10.2. The van der Waals surface area contributed by atoms with E-state index < -0.39 is 0 Å². The van der Waals surface area contributed by atoms with E-state index in [1.54, 1.807) is 24.4 Å². The molecule has 0 saturated heterocycles. The van der Waals surface area contributed by atoms with Crippen molar-refractivity contribution in [1.29, 1.82) is 0 Å². The maximum atomic E-state index is 11.3. The number of nitrogens with zero attached hydrogens (tertiary/aromatic N) is 1. The summed E-state index contributed by atoms with van der Waals surface area (Å²) in [6.45, 7) is 2.42. The summed E-state index contributed by atoms with van der Waals surface area (Å²) in [4.78, 5) is 15.2. The molecule has 0 atom stereocenters. The van der Waals surface area contributed by atoms with Gasteiger partial charge >= 0.3 is 0 Å². The van der Waals surface area contributed by atoms with Crippen LogP contribution in [0.5, 0.6) is 0 Å². The minimum atomic E-state index is -0.144. The summed E-state index contributed by atoms with van der Waals surface area (Å²) in [6.07, 6.45) is 4.34. The van der Waals surface area contributed by atoms with Crippen molar-refractivity contribution < 1.29 is 9.53 Å². The number of rotatable bonds is 4. The molecule has 1 heterocycles. The first-order valence-electron chi connectivity index (χ1n) is 4.08. The van der Waals surface area contributed by atoms with Crippen molar-refractivity contribution >= 4 is 5.78 Å². The average Bonchev–Trinajstić information content (AvgIpc) is 2.19. The topological polar surface area (TPSA) is 39.2 Å². The van der Waals surface area contributed by atoms with Crippen molar-refractivity contribution in [1.82, 2.24) is 4.98 Å². The van der Waals surface area contributed by atoms with Crippen LogP contribution in [0.2, 0.25) is 0 Å². The number of pyridine rings is 1. The summed E-state index contributed by atoms with van der Waals surface area (Å²) in [5, 5.41) is 0. The maximum Gasteiger partial charge on any atom is 0.207 e. The van der Waals surface area contributed by atoms with Gasteiger partial charge in [-0.2, -0.15) is 0 Å². The highest BCUT2D eigenvalue weighted by Gasteiger charge is 2.00. The Morgan fingerprint density at radius 1 is 1.62 bits per heavy atom. The fraction of sp³-hybridized carbons (Fsp3) is 0.200. The number of ketones is 1. The molecule has 0 aliphatic heterocycles. The van der Waals surface area contributed by atoms with E-state index in [-0.39, 0.29) is 5.78 Å². The van der Waals surface area contributed by atoms with E-state index in [0.29, 0.717) is 12.3 Å². The summed E-state index contributed by atoms with van der Waals surface area (Å²) in [5.41, 5.74) is 0.429. The molecule has 0 unspecified atom stereocenters. The second kappa shape index (κ2) is 5.09. The number of carbonyl (C=O) groups excluding carboxylic acids is 1. The SMILES string of the molecule is CCO/C=C/C(=O)c1ccccn1. The molecule has 3 heteroatoms. The highest BCUT2D eigenvalue weighted by molar-refractivity contribution is 6.02. The highest BCUT2D eigenvalue weighted by Crippen LogP contribution is 1.96. The van der Waals surface area contributed by atoms with Crippen LogP contribution in [-0.2, 0) is 4.74 Å². The largest absolute Gasteiger partial charge is 0.501 e. The molecular formula is C10H11NO2. The van der Waals surface area contributed by atoms with E-state index in [1.807, 2.05) is 6.92 Å². The van der Waals surface area contributed by atoms with Crippen LogP contribution < -0.4 is 0 Å². The second-order valence-corrected chi connectivity index (χ2v) is 2.34. The van der Waals surface area contributed by atoms with Crippen LogP contribution in [0.4, 0.5) is 0 Å². The van der Waals surface area contributed by atoms with Crippen LogP contribution in [0.25, 0.3) is 0 Å². The lowest BCUT2D eigenvalue weighted by molar-refractivity contribution is 0.103. The van der Waals surface area contributed by atoms with Crippen LogP contribution in [0.3, 0.4) is 0 Å². The molecule has 0 radical (unpaired) electrons. The standard InChI is InChI=1S/C10H11NO2/c1-2-13-8-6-10(12)9-5-3-4-7-11-9/h3-8H,2H2,1H3/b8-6+. The smallest absolute Gasteiger partial charge is 0.207 e. The lowest BCUT2D eigenvalue weighted by Crippen LogP contribution is -1.97. The summed E-state index contributed by atoms with van der Waals surface area (Å²) in [6, 6.07) is 5.20. The van der Waals surface area contributed by atoms with Crippen LogP contribution in [0.15, 0.2) is 36.7 Å². The molecule has 0 aromatic carbocycles. The highest BCUT2D eigenvalue weighted by atomic mass is 16.5. The van der Waals surface area contributed by atoms with Gasteiger partial charge in [0.15, 0.2) is 0 Å². The van der Waals surface area contributed by atoms with Gasteiger partial charge in [0.05, 0.1) is 12.9 Å². The molecule has 0 saturated carbocycles. The van der Waals surface area contributed by atoms with E-state index >= 15 is 0 Å². The fourth-order valence-electron chi connectivity index (χ4n) is 0.800. The maximum absolute atomic E-state index is 11.3. The predicted octanol–water partition coefficient (Wildman–Crippen LogP) is 1.81. The van der Waals surface area contributed by atoms with Gasteiger partial charge in [0.2, 0.25) is 5.78 Å².